The summed E-state index contributed by atoms with van der Waals surface area (Å²) >= 11 is 0. The third-order valence-electron chi connectivity index (χ3n) is 3.71. The van der Waals surface area contributed by atoms with Crippen molar-refractivity contribution in [2.45, 2.75) is 16.3 Å². The first kappa shape index (κ1) is 19.0. The van der Waals surface area contributed by atoms with Crippen molar-refractivity contribution in [2.24, 2.45) is 5.14 Å². The van der Waals surface area contributed by atoms with E-state index in [9.17, 15) is 26.4 Å². The lowest BCUT2D eigenvalue weighted by molar-refractivity contribution is 0.581. The lowest BCUT2D eigenvalue weighted by Gasteiger charge is -2.08. The minimum atomic E-state index is -4.00. The van der Waals surface area contributed by atoms with Crippen LogP contribution in [0.1, 0.15) is 5.56 Å². The summed E-state index contributed by atoms with van der Waals surface area (Å²) < 4.78 is 50.0. The van der Waals surface area contributed by atoms with E-state index in [-0.39, 0.29) is 27.2 Å². The lowest BCUT2D eigenvalue weighted by Crippen LogP contribution is -2.25. The Morgan fingerprint density at radius 3 is 2.37 bits per heavy atom. The maximum atomic E-state index is 12.5. The Balaban J connectivity index is 1.91. The van der Waals surface area contributed by atoms with Gasteiger partial charge in [-0.3, -0.25) is 9.78 Å². The molecule has 5 N–H and O–H groups in total. The highest BCUT2D eigenvalue weighted by molar-refractivity contribution is 7.89. The minimum absolute atomic E-state index is 0.00805. The second-order valence-electron chi connectivity index (χ2n) is 5.63. The molecule has 12 heteroatoms. The van der Waals surface area contributed by atoms with Crippen LogP contribution in [0.5, 0.6) is 0 Å². The smallest absolute Gasteiger partial charge is 0.307 e. The van der Waals surface area contributed by atoms with Crippen molar-refractivity contribution in [1.29, 1.82) is 0 Å². The van der Waals surface area contributed by atoms with Gasteiger partial charge >= 0.3 is 5.69 Å². The molecule has 3 aromatic rings. The van der Waals surface area contributed by atoms with Gasteiger partial charge in [0.2, 0.25) is 20.0 Å². The van der Waals surface area contributed by atoms with Gasteiger partial charge in [-0.1, -0.05) is 12.1 Å². The molecule has 10 nitrogen and oxygen atoms in total. The fourth-order valence-electron chi connectivity index (χ4n) is 2.41. The summed E-state index contributed by atoms with van der Waals surface area (Å²) in [6.45, 7) is -0.189. The summed E-state index contributed by atoms with van der Waals surface area (Å²) in [6.07, 6.45) is 0. The van der Waals surface area contributed by atoms with Gasteiger partial charge in [0.25, 0.3) is 5.56 Å². The normalized spacial score (nSPS) is 12.3. The van der Waals surface area contributed by atoms with Crippen molar-refractivity contribution in [3.05, 3.63) is 68.9 Å². The number of fused-ring (bicyclic) bond motifs is 1. The van der Waals surface area contributed by atoms with Gasteiger partial charge in [0.1, 0.15) is 0 Å². The van der Waals surface area contributed by atoms with Gasteiger partial charge in [-0.05, 0) is 35.9 Å². The minimum Gasteiger partial charge on any atom is -0.307 e. The molecule has 0 unspecified atom stereocenters. The number of hydrogen-bond donors (Lipinski definition) is 4. The Labute approximate surface area is 153 Å². The summed E-state index contributed by atoms with van der Waals surface area (Å²) in [5, 5.41) is 5.06. The second kappa shape index (κ2) is 6.74. The molecule has 0 aliphatic heterocycles. The van der Waals surface area contributed by atoms with Crippen LogP contribution in [-0.2, 0) is 26.6 Å². The van der Waals surface area contributed by atoms with Crippen LogP contribution in [0.3, 0.4) is 0 Å². The second-order valence-corrected chi connectivity index (χ2v) is 8.96. The molecule has 1 aromatic heterocycles. The van der Waals surface area contributed by atoms with E-state index in [0.717, 1.165) is 6.07 Å². The highest BCUT2D eigenvalue weighted by Gasteiger charge is 2.16. The highest BCUT2D eigenvalue weighted by Crippen LogP contribution is 2.15. The Morgan fingerprint density at radius 1 is 0.926 bits per heavy atom. The number of hydrogen-bond acceptors (Lipinski definition) is 6. The maximum absolute atomic E-state index is 12.5. The molecule has 3 rings (SSSR count). The number of rotatable bonds is 5. The zero-order valence-electron chi connectivity index (χ0n) is 13.6. The first-order valence-corrected chi connectivity index (χ1v) is 10.5. The first-order valence-electron chi connectivity index (χ1n) is 7.44. The molecule has 0 radical (unpaired) electrons. The molecule has 27 heavy (non-hydrogen) atoms. The Hall–Kier alpha value is -2.80. The summed E-state index contributed by atoms with van der Waals surface area (Å²) in [6, 6.07) is 9.20. The fraction of sp³-hybridized carbons (Fsp3) is 0.0667. The molecule has 0 saturated heterocycles. The number of aromatic amines is 2. The van der Waals surface area contributed by atoms with Crippen LogP contribution in [0.4, 0.5) is 0 Å². The SMILES string of the molecule is NS(=O)(=O)c1cccc(CNS(=O)(=O)c2ccc3[nH]c(=O)[nH]c(=O)c3c2)c1. The van der Waals surface area contributed by atoms with E-state index in [1.54, 1.807) is 0 Å². The van der Waals surface area contributed by atoms with Gasteiger partial charge in [-0.15, -0.1) is 0 Å². The van der Waals surface area contributed by atoms with Crippen LogP contribution in [-0.4, -0.2) is 26.8 Å². The molecule has 0 aliphatic carbocycles. The average Bonchev–Trinajstić information content (AvgIpc) is 2.59. The summed E-state index contributed by atoms with van der Waals surface area (Å²) in [4.78, 5) is 27.2. The van der Waals surface area contributed by atoms with Gasteiger partial charge < -0.3 is 4.98 Å². The molecule has 0 saturated carbocycles. The van der Waals surface area contributed by atoms with Gasteiger partial charge in [-0.2, -0.15) is 0 Å². The van der Waals surface area contributed by atoms with Crippen molar-refractivity contribution in [1.82, 2.24) is 14.7 Å². The number of sulfonamides is 2. The number of benzene rings is 2. The molecule has 0 fully saturated rings. The molecule has 1 heterocycles. The quantitative estimate of drug-likeness (QED) is 0.435. The van der Waals surface area contributed by atoms with Crippen LogP contribution < -0.4 is 21.1 Å². The van der Waals surface area contributed by atoms with E-state index in [0.29, 0.717) is 5.56 Å². The van der Waals surface area contributed by atoms with Crippen molar-refractivity contribution >= 4 is 30.9 Å². The predicted octanol–water partition coefficient (Wildman–Crippen LogP) is -0.658. The zero-order valence-corrected chi connectivity index (χ0v) is 15.2. The molecular weight excluding hydrogens is 396 g/mol. The van der Waals surface area contributed by atoms with Crippen LogP contribution in [0.25, 0.3) is 10.9 Å². The number of primary sulfonamides is 1. The van der Waals surface area contributed by atoms with E-state index in [2.05, 4.69) is 9.71 Å². The van der Waals surface area contributed by atoms with Gasteiger partial charge in [0.15, 0.2) is 0 Å². The summed E-state index contributed by atoms with van der Waals surface area (Å²) in [5.74, 6) is 0. The summed E-state index contributed by atoms with van der Waals surface area (Å²) in [5.41, 5.74) is -0.834. The van der Waals surface area contributed by atoms with Crippen molar-refractivity contribution in [2.75, 3.05) is 0 Å². The topological polar surface area (TPSA) is 172 Å². The van der Waals surface area contributed by atoms with Crippen molar-refractivity contribution in [3.8, 4) is 0 Å². The van der Waals surface area contributed by atoms with Crippen molar-refractivity contribution in [3.63, 3.8) is 0 Å². The number of nitrogens with two attached hydrogens (primary N) is 1. The van der Waals surface area contributed by atoms with Crippen LogP contribution in [0, 0.1) is 0 Å². The molecule has 0 bridgehead atoms. The molecule has 2 aromatic carbocycles. The van der Waals surface area contributed by atoms with Gasteiger partial charge in [-0.25, -0.2) is 31.5 Å². The molecule has 0 atom stereocenters. The standard InChI is InChI=1S/C15H14N4O6S2/c16-26(22,23)10-3-1-2-9(6-10)8-17-27(24,25)11-4-5-13-12(7-11)14(20)19-15(21)18-13/h1-7,17H,8H2,(H2,16,22,23)(H2,18,19,20,21). The van der Waals surface area contributed by atoms with Crippen LogP contribution in [0.15, 0.2) is 61.8 Å². The highest BCUT2D eigenvalue weighted by atomic mass is 32.2. The first-order chi connectivity index (χ1) is 12.6. The predicted molar refractivity (Wildman–Crippen MR) is 97.0 cm³/mol. The van der Waals surface area contributed by atoms with E-state index in [1.165, 1.54) is 36.4 Å². The number of H-pyrrole nitrogens is 2. The lowest BCUT2D eigenvalue weighted by atomic mass is 10.2. The van der Waals surface area contributed by atoms with Crippen LogP contribution >= 0.6 is 0 Å². The average molecular weight is 410 g/mol. The zero-order chi connectivity index (χ0) is 19.8. The Kier molecular flexibility index (Phi) is 4.73. The van der Waals surface area contributed by atoms with E-state index in [4.69, 9.17) is 5.14 Å². The van der Waals surface area contributed by atoms with Gasteiger partial charge in [0.05, 0.1) is 20.7 Å². The van der Waals surface area contributed by atoms with Crippen molar-refractivity contribution < 1.29 is 16.8 Å². The van der Waals surface area contributed by atoms with E-state index in [1.807, 2.05) is 4.98 Å². The number of aromatic nitrogens is 2. The molecule has 0 amide bonds. The summed E-state index contributed by atoms with van der Waals surface area (Å²) in [7, 11) is -7.91. The maximum Gasteiger partial charge on any atom is 0.326 e. The Morgan fingerprint density at radius 2 is 1.67 bits per heavy atom. The Bertz CT molecular complexity index is 1360. The van der Waals surface area contributed by atoms with E-state index >= 15 is 0 Å². The van der Waals surface area contributed by atoms with E-state index < -0.39 is 31.3 Å². The molecule has 0 aliphatic rings. The monoisotopic (exact) mass is 410 g/mol. The molecule has 0 spiro atoms. The van der Waals surface area contributed by atoms with Crippen LogP contribution in [0.2, 0.25) is 0 Å². The molecular formula is C15H14N4O6S2. The fourth-order valence-corrected chi connectivity index (χ4v) is 4.03. The molecule has 142 valence electrons. The van der Waals surface area contributed by atoms with Gasteiger partial charge in [0, 0.05) is 6.54 Å². The largest absolute Gasteiger partial charge is 0.326 e. The third kappa shape index (κ3) is 4.14. The number of nitrogens with one attached hydrogen (secondary N) is 3. The third-order valence-corrected chi connectivity index (χ3v) is 6.02.